The third kappa shape index (κ3) is 5.72. The highest BCUT2D eigenvalue weighted by atomic mass is 19.3. The Morgan fingerprint density at radius 1 is 1.38 bits per heavy atom. The molecule has 1 aliphatic heterocycles. The summed E-state index contributed by atoms with van der Waals surface area (Å²) < 4.78 is 34.9. The highest BCUT2D eigenvalue weighted by molar-refractivity contribution is 5.79. The number of aliphatic imine (C=N–C) groups is 1. The average molecular weight is 370 g/mol. The summed E-state index contributed by atoms with van der Waals surface area (Å²) >= 11 is 0. The van der Waals surface area contributed by atoms with Crippen molar-refractivity contribution in [2.24, 2.45) is 4.99 Å². The standard InChI is InChI=1S/C18H28F2N4O2/c1-4-24-9-5-6-14(24)12-23-18(21-2)22-11-13-10-15(25-3)7-8-16(13)26-17(19)20/h7-8,10,14,17H,4-6,9,11-12H2,1-3H3,(H2,21,22,23). The first-order chi connectivity index (χ1) is 12.6. The number of alkyl halides is 2. The Hall–Kier alpha value is -2.09. The second kappa shape index (κ2) is 10.2. The number of nitrogens with one attached hydrogen (secondary N) is 2. The van der Waals surface area contributed by atoms with Crippen LogP contribution in [0, 0.1) is 0 Å². The molecule has 6 nitrogen and oxygen atoms in total. The minimum absolute atomic E-state index is 0.122. The van der Waals surface area contributed by atoms with Crippen molar-refractivity contribution in [3.05, 3.63) is 23.8 Å². The lowest BCUT2D eigenvalue weighted by Crippen LogP contribution is -2.44. The van der Waals surface area contributed by atoms with Crippen LogP contribution in [-0.4, -0.2) is 57.3 Å². The number of likely N-dealkylation sites (N-methyl/N-ethyl adjacent to an activating group) is 1. The summed E-state index contributed by atoms with van der Waals surface area (Å²) in [5.41, 5.74) is 0.573. The predicted molar refractivity (Wildman–Crippen MR) is 98.1 cm³/mol. The van der Waals surface area contributed by atoms with Crippen LogP contribution in [0.2, 0.25) is 0 Å². The van der Waals surface area contributed by atoms with Crippen molar-refractivity contribution in [2.45, 2.75) is 39.0 Å². The Bertz CT molecular complexity index is 599. The summed E-state index contributed by atoms with van der Waals surface area (Å²) in [6.07, 6.45) is 2.38. The molecule has 0 aliphatic carbocycles. The maximum absolute atomic E-state index is 12.6. The SMILES string of the molecule is CCN1CCCC1CNC(=NC)NCc1cc(OC)ccc1OC(F)F. The molecule has 0 bridgehead atoms. The van der Waals surface area contributed by atoms with Gasteiger partial charge in [-0.3, -0.25) is 9.89 Å². The van der Waals surface area contributed by atoms with Crippen molar-refractivity contribution in [2.75, 3.05) is 33.8 Å². The van der Waals surface area contributed by atoms with Gasteiger partial charge in [-0.25, -0.2) is 0 Å². The number of methoxy groups -OCH3 is 1. The fourth-order valence-corrected chi connectivity index (χ4v) is 3.19. The van der Waals surface area contributed by atoms with Crippen molar-refractivity contribution in [1.82, 2.24) is 15.5 Å². The Morgan fingerprint density at radius 3 is 2.85 bits per heavy atom. The quantitative estimate of drug-likeness (QED) is 0.544. The summed E-state index contributed by atoms with van der Waals surface area (Å²) in [6.45, 7) is 2.55. The molecule has 1 atom stereocenters. The second-order valence-corrected chi connectivity index (χ2v) is 6.08. The van der Waals surface area contributed by atoms with Crippen LogP contribution in [0.15, 0.2) is 23.2 Å². The van der Waals surface area contributed by atoms with E-state index in [-0.39, 0.29) is 5.75 Å². The van der Waals surface area contributed by atoms with Crippen LogP contribution in [0.4, 0.5) is 8.78 Å². The number of likely N-dealkylation sites (tertiary alicyclic amines) is 1. The molecular formula is C18H28F2N4O2. The highest BCUT2D eigenvalue weighted by Gasteiger charge is 2.22. The van der Waals surface area contributed by atoms with E-state index in [0.717, 1.165) is 19.6 Å². The van der Waals surface area contributed by atoms with Gasteiger partial charge >= 0.3 is 6.61 Å². The Morgan fingerprint density at radius 2 is 2.19 bits per heavy atom. The minimum Gasteiger partial charge on any atom is -0.497 e. The average Bonchev–Trinajstić information content (AvgIpc) is 3.10. The van der Waals surface area contributed by atoms with E-state index in [0.29, 0.717) is 29.9 Å². The fraction of sp³-hybridized carbons (Fsp3) is 0.611. The summed E-state index contributed by atoms with van der Waals surface area (Å²) in [6, 6.07) is 5.24. The third-order valence-electron chi connectivity index (χ3n) is 4.56. The number of nitrogens with zero attached hydrogens (tertiary/aromatic N) is 2. The largest absolute Gasteiger partial charge is 0.497 e. The van der Waals surface area contributed by atoms with Gasteiger partial charge in [-0.05, 0) is 44.1 Å². The first-order valence-electron chi connectivity index (χ1n) is 8.87. The number of benzene rings is 1. The van der Waals surface area contributed by atoms with E-state index in [1.165, 1.54) is 26.0 Å². The molecule has 8 heteroatoms. The summed E-state index contributed by atoms with van der Waals surface area (Å²) in [4.78, 5) is 6.65. The monoisotopic (exact) mass is 370 g/mol. The lowest BCUT2D eigenvalue weighted by Gasteiger charge is -2.24. The molecule has 0 radical (unpaired) electrons. The van der Waals surface area contributed by atoms with Crippen molar-refractivity contribution < 1.29 is 18.3 Å². The zero-order valence-electron chi connectivity index (χ0n) is 15.6. The van der Waals surface area contributed by atoms with Crippen molar-refractivity contribution in [1.29, 1.82) is 0 Å². The number of halogens is 2. The lowest BCUT2D eigenvalue weighted by atomic mass is 10.2. The molecule has 1 fully saturated rings. The number of ether oxygens (including phenoxy) is 2. The number of hydrogen-bond acceptors (Lipinski definition) is 4. The third-order valence-corrected chi connectivity index (χ3v) is 4.56. The molecule has 1 heterocycles. The van der Waals surface area contributed by atoms with Crippen molar-refractivity contribution in [3.8, 4) is 11.5 Å². The highest BCUT2D eigenvalue weighted by Crippen LogP contribution is 2.25. The van der Waals surface area contributed by atoms with E-state index >= 15 is 0 Å². The molecule has 0 saturated carbocycles. The fourth-order valence-electron chi connectivity index (χ4n) is 3.19. The van der Waals surface area contributed by atoms with Gasteiger partial charge in [0.15, 0.2) is 5.96 Å². The molecular weight excluding hydrogens is 342 g/mol. The van der Waals surface area contributed by atoms with Gasteiger partial charge in [0.25, 0.3) is 0 Å². The van der Waals surface area contributed by atoms with Gasteiger partial charge < -0.3 is 20.1 Å². The minimum atomic E-state index is -2.87. The summed E-state index contributed by atoms with van der Waals surface area (Å²) in [7, 11) is 3.21. The van der Waals surface area contributed by atoms with E-state index in [9.17, 15) is 8.78 Å². The molecule has 1 saturated heterocycles. The van der Waals surface area contributed by atoms with Gasteiger partial charge in [-0.1, -0.05) is 6.92 Å². The molecule has 1 aromatic rings. The van der Waals surface area contributed by atoms with Crippen LogP contribution in [-0.2, 0) is 6.54 Å². The summed E-state index contributed by atoms with van der Waals surface area (Å²) in [5, 5.41) is 6.46. The van der Waals surface area contributed by atoms with Gasteiger partial charge in [0.1, 0.15) is 11.5 Å². The van der Waals surface area contributed by atoms with Gasteiger partial charge in [0.05, 0.1) is 7.11 Å². The molecule has 1 aliphatic rings. The zero-order chi connectivity index (χ0) is 18.9. The van der Waals surface area contributed by atoms with Gasteiger partial charge in [-0.15, -0.1) is 0 Å². The smallest absolute Gasteiger partial charge is 0.387 e. The molecule has 0 amide bonds. The molecule has 146 valence electrons. The maximum Gasteiger partial charge on any atom is 0.387 e. The van der Waals surface area contributed by atoms with Crippen molar-refractivity contribution >= 4 is 5.96 Å². The molecule has 2 rings (SSSR count). The van der Waals surface area contributed by atoms with Crippen LogP contribution in [0.3, 0.4) is 0 Å². The number of rotatable bonds is 8. The Labute approximate surface area is 153 Å². The van der Waals surface area contributed by atoms with Crippen molar-refractivity contribution in [3.63, 3.8) is 0 Å². The van der Waals surface area contributed by atoms with E-state index < -0.39 is 6.61 Å². The molecule has 1 aromatic carbocycles. The molecule has 1 unspecified atom stereocenters. The molecule has 2 N–H and O–H groups in total. The van der Waals surface area contributed by atoms with Crippen LogP contribution < -0.4 is 20.1 Å². The molecule has 26 heavy (non-hydrogen) atoms. The Balaban J connectivity index is 1.94. The van der Waals surface area contributed by atoms with Crippen LogP contribution >= 0.6 is 0 Å². The first-order valence-corrected chi connectivity index (χ1v) is 8.87. The first kappa shape index (κ1) is 20.2. The second-order valence-electron chi connectivity index (χ2n) is 6.08. The van der Waals surface area contributed by atoms with E-state index in [1.807, 2.05) is 0 Å². The summed E-state index contributed by atoms with van der Waals surface area (Å²) in [5.74, 6) is 1.33. The van der Waals surface area contributed by atoms with E-state index in [1.54, 1.807) is 19.2 Å². The normalized spacial score (nSPS) is 18.2. The van der Waals surface area contributed by atoms with Crippen LogP contribution in [0.25, 0.3) is 0 Å². The molecule has 0 spiro atoms. The van der Waals surface area contributed by atoms with Gasteiger partial charge in [0.2, 0.25) is 0 Å². The maximum atomic E-state index is 12.6. The molecule has 0 aromatic heterocycles. The van der Waals surface area contributed by atoms with Crippen LogP contribution in [0.1, 0.15) is 25.3 Å². The zero-order valence-corrected chi connectivity index (χ0v) is 15.6. The van der Waals surface area contributed by atoms with Gasteiger partial charge in [0, 0.05) is 31.7 Å². The lowest BCUT2D eigenvalue weighted by molar-refractivity contribution is -0.0504. The Kier molecular flexibility index (Phi) is 7.90. The van der Waals surface area contributed by atoms with E-state index in [4.69, 9.17) is 4.74 Å². The van der Waals surface area contributed by atoms with Crippen LogP contribution in [0.5, 0.6) is 11.5 Å². The van der Waals surface area contributed by atoms with Gasteiger partial charge in [-0.2, -0.15) is 8.78 Å². The topological polar surface area (TPSA) is 58.1 Å². The number of guanidine groups is 1. The predicted octanol–water partition coefficient (Wildman–Crippen LogP) is 2.45. The number of hydrogen-bond donors (Lipinski definition) is 2. The van der Waals surface area contributed by atoms with E-state index in [2.05, 4.69) is 32.2 Å².